The quantitative estimate of drug-likeness (QED) is 0.286. The Bertz CT molecular complexity index is 1180. The Morgan fingerprint density at radius 2 is 1.37 bits per heavy atom. The molecule has 0 spiro atoms. The summed E-state index contributed by atoms with van der Waals surface area (Å²) in [6, 6.07) is 29.2. The van der Waals surface area contributed by atoms with E-state index >= 15 is 0 Å². The topological polar surface area (TPSA) is 12.9 Å². The fraction of sp³-hybridized carbons (Fsp3) is 0. The number of pyridine rings is 1. The number of hydrogen-bond acceptors (Lipinski definition) is 1. The third-order valence-corrected chi connectivity index (χ3v) is 10.2. The Hall–Kier alpha value is -2.09. The standard InChI is InChI=1S/C23H14BNSe2/c1-2-8-19-16(6-1)24-17-14-15(18-7-3-4-13-25-18)11-12-20(17)27-22-10-5-9-21(26-19)23(22)24/h1-14H. The van der Waals surface area contributed by atoms with Crippen molar-refractivity contribution in [1.82, 2.24) is 4.98 Å². The van der Waals surface area contributed by atoms with Crippen LogP contribution >= 0.6 is 0 Å². The molecule has 27 heavy (non-hydrogen) atoms. The molecule has 2 aliphatic rings. The maximum atomic E-state index is 4.58. The molecule has 0 atom stereocenters. The van der Waals surface area contributed by atoms with Gasteiger partial charge in [-0.15, -0.1) is 0 Å². The van der Waals surface area contributed by atoms with Crippen LogP contribution < -0.4 is 34.2 Å². The number of hydrogen-bond donors (Lipinski definition) is 0. The van der Waals surface area contributed by atoms with Gasteiger partial charge in [0.25, 0.3) is 0 Å². The summed E-state index contributed by atoms with van der Waals surface area (Å²) >= 11 is 0.785. The Morgan fingerprint density at radius 3 is 2.19 bits per heavy atom. The van der Waals surface area contributed by atoms with Gasteiger partial charge in [0.1, 0.15) is 0 Å². The molecule has 0 saturated carbocycles. The van der Waals surface area contributed by atoms with Gasteiger partial charge < -0.3 is 0 Å². The van der Waals surface area contributed by atoms with E-state index in [1.165, 1.54) is 25.4 Å². The van der Waals surface area contributed by atoms with Gasteiger partial charge in [0, 0.05) is 0 Å². The van der Waals surface area contributed by atoms with E-state index in [0.29, 0.717) is 36.6 Å². The van der Waals surface area contributed by atoms with Gasteiger partial charge in [-0.05, 0) is 0 Å². The minimum atomic E-state index is 0.373. The van der Waals surface area contributed by atoms with Crippen molar-refractivity contribution in [3.05, 3.63) is 85.1 Å². The molecule has 126 valence electrons. The second-order valence-electron chi connectivity index (χ2n) is 6.81. The van der Waals surface area contributed by atoms with Gasteiger partial charge in [0.05, 0.1) is 0 Å². The normalized spacial score (nSPS) is 13.6. The first kappa shape index (κ1) is 15.9. The average molecular weight is 473 g/mol. The first-order valence-corrected chi connectivity index (χ1v) is 12.4. The number of rotatable bonds is 1. The molecule has 3 heterocycles. The molecule has 4 heteroatoms. The fourth-order valence-corrected chi connectivity index (χ4v) is 9.28. The van der Waals surface area contributed by atoms with Crippen LogP contribution in [0.2, 0.25) is 0 Å². The molecule has 0 aliphatic carbocycles. The molecule has 0 bridgehead atoms. The summed E-state index contributed by atoms with van der Waals surface area (Å²) in [5, 5.41) is 0. The van der Waals surface area contributed by atoms with Gasteiger partial charge in [0.15, 0.2) is 0 Å². The zero-order valence-electron chi connectivity index (χ0n) is 14.4. The summed E-state index contributed by atoms with van der Waals surface area (Å²) in [4.78, 5) is 4.58. The van der Waals surface area contributed by atoms with Crippen molar-refractivity contribution in [3.63, 3.8) is 0 Å². The number of fused-ring (bicyclic) bond motifs is 4. The van der Waals surface area contributed by atoms with Gasteiger partial charge in [-0.2, -0.15) is 0 Å². The third-order valence-electron chi connectivity index (χ3n) is 5.27. The van der Waals surface area contributed by atoms with Crippen LogP contribution in [0.1, 0.15) is 0 Å². The molecular weight excluding hydrogens is 459 g/mol. The molecule has 6 rings (SSSR count). The number of aromatic nitrogens is 1. The first-order chi connectivity index (χ1) is 13.4. The Balaban J connectivity index is 1.62. The summed E-state index contributed by atoms with van der Waals surface area (Å²) in [7, 11) is 0. The van der Waals surface area contributed by atoms with Crippen LogP contribution in [-0.2, 0) is 0 Å². The summed E-state index contributed by atoms with van der Waals surface area (Å²) in [6.07, 6.45) is 1.88. The summed E-state index contributed by atoms with van der Waals surface area (Å²) < 4.78 is 6.18. The van der Waals surface area contributed by atoms with Crippen LogP contribution in [0.4, 0.5) is 0 Å². The molecule has 3 aromatic carbocycles. The molecule has 0 radical (unpaired) electrons. The molecule has 0 unspecified atom stereocenters. The van der Waals surface area contributed by atoms with Gasteiger partial charge in [-0.3, -0.25) is 0 Å². The van der Waals surface area contributed by atoms with Crippen molar-refractivity contribution in [2.75, 3.05) is 0 Å². The zero-order chi connectivity index (χ0) is 17.8. The van der Waals surface area contributed by atoms with E-state index < -0.39 is 0 Å². The van der Waals surface area contributed by atoms with Crippen LogP contribution in [0.15, 0.2) is 85.1 Å². The molecular formula is C23H14BNSe2. The predicted molar refractivity (Wildman–Crippen MR) is 117 cm³/mol. The molecule has 0 N–H and O–H groups in total. The third kappa shape index (κ3) is 2.49. The van der Waals surface area contributed by atoms with E-state index in [9.17, 15) is 0 Å². The molecule has 2 aliphatic heterocycles. The molecule has 1 aromatic heterocycles. The molecule has 0 amide bonds. The van der Waals surface area contributed by atoms with Crippen LogP contribution in [0.3, 0.4) is 0 Å². The maximum absolute atomic E-state index is 4.58. The number of benzene rings is 3. The number of nitrogens with zero attached hydrogens (tertiary/aromatic N) is 1. The van der Waals surface area contributed by atoms with Crippen LogP contribution in [0.5, 0.6) is 0 Å². The molecule has 1 nitrogen and oxygen atoms in total. The van der Waals surface area contributed by atoms with E-state index in [-0.39, 0.29) is 0 Å². The van der Waals surface area contributed by atoms with E-state index in [0.717, 1.165) is 5.69 Å². The van der Waals surface area contributed by atoms with E-state index in [1.807, 2.05) is 12.3 Å². The predicted octanol–water partition coefficient (Wildman–Crippen LogP) is -0.798. The van der Waals surface area contributed by atoms with E-state index in [1.54, 1.807) is 14.4 Å². The van der Waals surface area contributed by atoms with Crippen molar-refractivity contribution < 1.29 is 0 Å². The zero-order valence-corrected chi connectivity index (χ0v) is 17.9. The van der Waals surface area contributed by atoms with Crippen molar-refractivity contribution in [1.29, 1.82) is 0 Å². The van der Waals surface area contributed by atoms with Gasteiger partial charge in [-0.25, -0.2) is 0 Å². The summed E-state index contributed by atoms with van der Waals surface area (Å²) in [5.74, 6) is 0. The van der Waals surface area contributed by atoms with Gasteiger partial charge in [-0.1, -0.05) is 0 Å². The molecule has 0 saturated heterocycles. The van der Waals surface area contributed by atoms with Gasteiger partial charge in [0.2, 0.25) is 0 Å². The SMILES string of the molecule is c1ccc(-c2ccc3c(c2)B2c4ccccc4[Se]c4cccc(c42)[Se]3)nc1. The van der Waals surface area contributed by atoms with Gasteiger partial charge >= 0.3 is 172 Å². The minimum absolute atomic E-state index is 0.373. The van der Waals surface area contributed by atoms with Crippen LogP contribution in [0, 0.1) is 0 Å². The Kier molecular flexibility index (Phi) is 3.67. The van der Waals surface area contributed by atoms with E-state index in [2.05, 4.69) is 77.8 Å². The van der Waals surface area contributed by atoms with Crippen molar-refractivity contribution in [2.45, 2.75) is 0 Å². The second kappa shape index (κ2) is 6.22. The first-order valence-electron chi connectivity index (χ1n) is 9.01. The monoisotopic (exact) mass is 475 g/mol. The van der Waals surface area contributed by atoms with E-state index in [4.69, 9.17) is 0 Å². The Labute approximate surface area is 171 Å². The second-order valence-corrected chi connectivity index (χ2v) is 11.4. The molecule has 4 aromatic rings. The van der Waals surface area contributed by atoms with Crippen LogP contribution in [-0.4, -0.2) is 41.6 Å². The fourth-order valence-electron chi connectivity index (χ4n) is 4.07. The summed E-state index contributed by atoms with van der Waals surface area (Å²) in [5.41, 5.74) is 6.87. The molecule has 0 fully saturated rings. The van der Waals surface area contributed by atoms with Crippen molar-refractivity contribution >= 4 is 70.9 Å². The summed E-state index contributed by atoms with van der Waals surface area (Å²) in [6.45, 7) is 0.373. The van der Waals surface area contributed by atoms with Crippen molar-refractivity contribution in [3.8, 4) is 11.3 Å². The Morgan fingerprint density at radius 1 is 0.630 bits per heavy atom. The average Bonchev–Trinajstić information content (AvgIpc) is 2.74. The van der Waals surface area contributed by atoms with Crippen molar-refractivity contribution in [2.24, 2.45) is 0 Å². The van der Waals surface area contributed by atoms with Crippen LogP contribution in [0.25, 0.3) is 11.3 Å².